The van der Waals surface area contributed by atoms with Crippen molar-refractivity contribution in [2.45, 2.75) is 64.6 Å². The standard InChI is InChI=1S/C14H31NO3/c1-3-5-6-7-9-18-12-14(17)11-15-10-13(16)8-4-2/h13-17H,3-12H2,1-2H3. The lowest BCUT2D eigenvalue weighted by Crippen LogP contribution is -2.35. The summed E-state index contributed by atoms with van der Waals surface area (Å²) >= 11 is 0. The number of aliphatic hydroxyl groups is 2. The fourth-order valence-electron chi connectivity index (χ4n) is 1.76. The predicted molar refractivity (Wildman–Crippen MR) is 74.8 cm³/mol. The van der Waals surface area contributed by atoms with E-state index in [0.717, 1.165) is 25.9 Å². The predicted octanol–water partition coefficient (Wildman–Crippen LogP) is 1.69. The Balaban J connectivity index is 3.24. The Kier molecular flexibility index (Phi) is 13.2. The van der Waals surface area contributed by atoms with E-state index in [-0.39, 0.29) is 6.10 Å². The summed E-state index contributed by atoms with van der Waals surface area (Å²) in [7, 11) is 0. The molecular formula is C14H31NO3. The van der Waals surface area contributed by atoms with Crippen molar-refractivity contribution in [1.29, 1.82) is 0 Å². The molecule has 0 aromatic carbocycles. The van der Waals surface area contributed by atoms with Gasteiger partial charge >= 0.3 is 0 Å². The van der Waals surface area contributed by atoms with Gasteiger partial charge in [-0.2, -0.15) is 0 Å². The molecule has 0 saturated carbocycles. The van der Waals surface area contributed by atoms with Gasteiger partial charge in [-0.1, -0.05) is 39.5 Å². The molecule has 2 atom stereocenters. The Hall–Kier alpha value is -0.160. The average Bonchev–Trinajstić information content (AvgIpc) is 2.34. The Morgan fingerprint density at radius 1 is 0.944 bits per heavy atom. The van der Waals surface area contributed by atoms with E-state index in [1.807, 2.05) is 6.92 Å². The third kappa shape index (κ3) is 12.3. The van der Waals surface area contributed by atoms with Crippen molar-refractivity contribution in [3.8, 4) is 0 Å². The van der Waals surface area contributed by atoms with Crippen LogP contribution in [0.25, 0.3) is 0 Å². The average molecular weight is 261 g/mol. The van der Waals surface area contributed by atoms with Crippen molar-refractivity contribution >= 4 is 0 Å². The molecule has 0 amide bonds. The minimum Gasteiger partial charge on any atom is -0.392 e. The van der Waals surface area contributed by atoms with Crippen LogP contribution in [0.1, 0.15) is 52.4 Å². The summed E-state index contributed by atoms with van der Waals surface area (Å²) in [5.41, 5.74) is 0. The molecule has 0 rings (SSSR count). The summed E-state index contributed by atoms with van der Waals surface area (Å²) in [6.07, 6.45) is 5.75. The number of unbranched alkanes of at least 4 members (excludes halogenated alkanes) is 3. The molecule has 0 saturated heterocycles. The van der Waals surface area contributed by atoms with Crippen molar-refractivity contribution < 1.29 is 14.9 Å². The molecule has 0 aliphatic heterocycles. The second-order valence-corrected chi connectivity index (χ2v) is 4.89. The van der Waals surface area contributed by atoms with Crippen LogP contribution in [0.15, 0.2) is 0 Å². The molecule has 0 aliphatic rings. The summed E-state index contributed by atoms with van der Waals surface area (Å²) in [4.78, 5) is 0. The lowest BCUT2D eigenvalue weighted by atomic mass is 10.2. The van der Waals surface area contributed by atoms with E-state index in [9.17, 15) is 10.2 Å². The molecule has 0 aromatic rings. The highest BCUT2D eigenvalue weighted by atomic mass is 16.5. The zero-order valence-electron chi connectivity index (χ0n) is 12.0. The molecule has 3 N–H and O–H groups in total. The first-order valence-electron chi connectivity index (χ1n) is 7.35. The van der Waals surface area contributed by atoms with Crippen LogP contribution in [0.4, 0.5) is 0 Å². The molecule has 0 fully saturated rings. The highest BCUT2D eigenvalue weighted by molar-refractivity contribution is 4.63. The van der Waals surface area contributed by atoms with Gasteiger partial charge in [-0.3, -0.25) is 0 Å². The first-order valence-corrected chi connectivity index (χ1v) is 7.35. The first kappa shape index (κ1) is 17.8. The van der Waals surface area contributed by atoms with Crippen LogP contribution in [0.3, 0.4) is 0 Å². The maximum absolute atomic E-state index is 9.63. The van der Waals surface area contributed by atoms with Crippen LogP contribution in [0, 0.1) is 0 Å². The van der Waals surface area contributed by atoms with E-state index in [1.54, 1.807) is 0 Å². The summed E-state index contributed by atoms with van der Waals surface area (Å²) in [6.45, 7) is 6.36. The van der Waals surface area contributed by atoms with Crippen molar-refractivity contribution in [2.75, 3.05) is 26.3 Å². The zero-order chi connectivity index (χ0) is 13.6. The molecule has 0 aromatic heterocycles. The zero-order valence-corrected chi connectivity index (χ0v) is 12.0. The van der Waals surface area contributed by atoms with E-state index in [4.69, 9.17) is 4.74 Å². The van der Waals surface area contributed by atoms with Crippen molar-refractivity contribution in [1.82, 2.24) is 5.32 Å². The molecule has 0 bridgehead atoms. The van der Waals surface area contributed by atoms with Crippen LogP contribution >= 0.6 is 0 Å². The van der Waals surface area contributed by atoms with Gasteiger partial charge in [0.2, 0.25) is 0 Å². The minimum absolute atomic E-state index is 0.308. The van der Waals surface area contributed by atoms with Crippen LogP contribution in [-0.2, 0) is 4.74 Å². The maximum Gasteiger partial charge on any atom is 0.0897 e. The fraction of sp³-hybridized carbons (Fsp3) is 1.00. The molecule has 0 heterocycles. The monoisotopic (exact) mass is 261 g/mol. The van der Waals surface area contributed by atoms with E-state index in [1.165, 1.54) is 19.3 Å². The minimum atomic E-state index is -0.481. The van der Waals surface area contributed by atoms with E-state index < -0.39 is 6.10 Å². The van der Waals surface area contributed by atoms with Crippen LogP contribution in [0.2, 0.25) is 0 Å². The number of aliphatic hydroxyl groups excluding tert-OH is 2. The second kappa shape index (κ2) is 13.3. The van der Waals surface area contributed by atoms with Gasteiger partial charge in [-0.15, -0.1) is 0 Å². The lowest BCUT2D eigenvalue weighted by molar-refractivity contribution is 0.0336. The number of ether oxygens (including phenoxy) is 1. The third-order valence-electron chi connectivity index (χ3n) is 2.83. The smallest absolute Gasteiger partial charge is 0.0897 e. The number of hydrogen-bond acceptors (Lipinski definition) is 4. The largest absolute Gasteiger partial charge is 0.392 e. The fourth-order valence-corrected chi connectivity index (χ4v) is 1.76. The number of nitrogens with one attached hydrogen (secondary N) is 1. The van der Waals surface area contributed by atoms with Gasteiger partial charge in [-0.25, -0.2) is 0 Å². The summed E-state index contributed by atoms with van der Waals surface area (Å²) in [6, 6.07) is 0. The Morgan fingerprint density at radius 3 is 2.33 bits per heavy atom. The summed E-state index contributed by atoms with van der Waals surface area (Å²) in [5.74, 6) is 0. The molecular weight excluding hydrogens is 230 g/mol. The normalized spacial score (nSPS) is 14.7. The van der Waals surface area contributed by atoms with E-state index in [0.29, 0.717) is 19.7 Å². The second-order valence-electron chi connectivity index (χ2n) is 4.89. The van der Waals surface area contributed by atoms with Crippen molar-refractivity contribution in [2.24, 2.45) is 0 Å². The quantitative estimate of drug-likeness (QED) is 0.442. The highest BCUT2D eigenvalue weighted by Crippen LogP contribution is 1.99. The van der Waals surface area contributed by atoms with Crippen LogP contribution in [0.5, 0.6) is 0 Å². The molecule has 18 heavy (non-hydrogen) atoms. The lowest BCUT2D eigenvalue weighted by Gasteiger charge is -2.14. The van der Waals surface area contributed by atoms with Gasteiger partial charge in [0.25, 0.3) is 0 Å². The molecule has 2 unspecified atom stereocenters. The van der Waals surface area contributed by atoms with Gasteiger partial charge in [-0.05, 0) is 12.8 Å². The van der Waals surface area contributed by atoms with Gasteiger partial charge < -0.3 is 20.3 Å². The molecule has 110 valence electrons. The number of hydrogen-bond donors (Lipinski definition) is 3. The van der Waals surface area contributed by atoms with Crippen LogP contribution < -0.4 is 5.32 Å². The molecule has 4 nitrogen and oxygen atoms in total. The van der Waals surface area contributed by atoms with Gasteiger partial charge in [0.15, 0.2) is 0 Å². The Labute approximate surface area is 112 Å². The third-order valence-corrected chi connectivity index (χ3v) is 2.83. The molecule has 0 radical (unpaired) electrons. The van der Waals surface area contributed by atoms with Gasteiger partial charge in [0, 0.05) is 19.7 Å². The molecule has 4 heteroatoms. The Morgan fingerprint density at radius 2 is 1.67 bits per heavy atom. The summed E-state index contributed by atoms with van der Waals surface area (Å²) < 4.78 is 5.39. The van der Waals surface area contributed by atoms with E-state index in [2.05, 4.69) is 12.2 Å². The maximum atomic E-state index is 9.63. The Bertz CT molecular complexity index is 167. The highest BCUT2D eigenvalue weighted by Gasteiger charge is 2.06. The van der Waals surface area contributed by atoms with Gasteiger partial charge in [0.05, 0.1) is 18.8 Å². The number of rotatable bonds is 13. The molecule has 0 aliphatic carbocycles. The summed E-state index contributed by atoms with van der Waals surface area (Å²) in [5, 5.41) is 22.2. The van der Waals surface area contributed by atoms with Crippen LogP contribution in [-0.4, -0.2) is 48.7 Å². The van der Waals surface area contributed by atoms with Crippen molar-refractivity contribution in [3.63, 3.8) is 0 Å². The molecule has 0 spiro atoms. The topological polar surface area (TPSA) is 61.7 Å². The first-order chi connectivity index (χ1) is 8.70. The van der Waals surface area contributed by atoms with E-state index >= 15 is 0 Å². The van der Waals surface area contributed by atoms with Gasteiger partial charge in [0.1, 0.15) is 0 Å². The van der Waals surface area contributed by atoms with Crippen molar-refractivity contribution in [3.05, 3.63) is 0 Å². The SMILES string of the molecule is CCCCCCOCC(O)CNCC(O)CCC.